The molecule has 0 saturated carbocycles. The standard InChI is InChI=1S/C7H6ClNO2/c1-11-5-2-3-9-6(4-5)7(8)10/h2-4H,1H3. The zero-order chi connectivity index (χ0) is 8.27. The van der Waals surface area contributed by atoms with Gasteiger partial charge in [-0.25, -0.2) is 0 Å². The van der Waals surface area contributed by atoms with Gasteiger partial charge in [-0.2, -0.15) is 0 Å². The fraction of sp³-hybridized carbons (Fsp3) is 0.143. The Kier molecular flexibility index (Phi) is 2.44. The fourth-order valence-electron chi connectivity index (χ4n) is 0.646. The normalized spacial score (nSPS) is 9.27. The summed E-state index contributed by atoms with van der Waals surface area (Å²) in [6, 6.07) is 3.12. The van der Waals surface area contributed by atoms with Crippen molar-refractivity contribution in [3.63, 3.8) is 0 Å². The Labute approximate surface area is 69.0 Å². The maximum absolute atomic E-state index is 10.6. The summed E-state index contributed by atoms with van der Waals surface area (Å²) in [6.07, 6.45) is 1.47. The van der Waals surface area contributed by atoms with E-state index in [-0.39, 0.29) is 5.69 Å². The second-order valence-electron chi connectivity index (χ2n) is 1.85. The van der Waals surface area contributed by atoms with Crippen LogP contribution in [0, 0.1) is 0 Å². The first-order valence-corrected chi connectivity index (χ1v) is 3.31. The van der Waals surface area contributed by atoms with Gasteiger partial charge in [0.1, 0.15) is 11.4 Å². The lowest BCUT2D eigenvalue weighted by molar-refractivity contribution is 0.107. The minimum atomic E-state index is -0.580. The SMILES string of the molecule is COc1ccnc(C(=O)Cl)c1. The second kappa shape index (κ2) is 3.34. The van der Waals surface area contributed by atoms with Crippen molar-refractivity contribution in [2.45, 2.75) is 0 Å². The first-order valence-electron chi connectivity index (χ1n) is 2.94. The van der Waals surface area contributed by atoms with Crippen molar-refractivity contribution in [3.8, 4) is 5.75 Å². The van der Waals surface area contributed by atoms with Crippen LogP contribution in [0.5, 0.6) is 5.75 Å². The van der Waals surface area contributed by atoms with E-state index in [1.54, 1.807) is 6.07 Å². The van der Waals surface area contributed by atoms with Crippen LogP contribution < -0.4 is 4.74 Å². The number of hydrogen-bond donors (Lipinski definition) is 0. The van der Waals surface area contributed by atoms with Gasteiger partial charge in [-0.05, 0) is 17.7 Å². The minimum Gasteiger partial charge on any atom is -0.497 e. The molecule has 0 radical (unpaired) electrons. The molecule has 1 rings (SSSR count). The third-order valence-corrected chi connectivity index (χ3v) is 1.36. The topological polar surface area (TPSA) is 39.2 Å². The average molecular weight is 172 g/mol. The molecule has 1 aromatic rings. The number of hydrogen-bond acceptors (Lipinski definition) is 3. The summed E-state index contributed by atoms with van der Waals surface area (Å²) in [5, 5.41) is -0.580. The zero-order valence-electron chi connectivity index (χ0n) is 5.87. The smallest absolute Gasteiger partial charge is 0.270 e. The summed E-state index contributed by atoms with van der Waals surface area (Å²) in [4.78, 5) is 14.3. The number of pyridine rings is 1. The van der Waals surface area contributed by atoms with Crippen LogP contribution in [0.25, 0.3) is 0 Å². The summed E-state index contributed by atoms with van der Waals surface area (Å²) in [5.41, 5.74) is 0.200. The van der Waals surface area contributed by atoms with E-state index in [2.05, 4.69) is 4.98 Å². The molecule has 0 fully saturated rings. The molecule has 0 aliphatic heterocycles. The summed E-state index contributed by atoms with van der Waals surface area (Å²) in [7, 11) is 1.51. The molecule has 0 aliphatic rings. The number of nitrogens with zero attached hydrogens (tertiary/aromatic N) is 1. The lowest BCUT2D eigenvalue weighted by atomic mass is 10.3. The van der Waals surface area contributed by atoms with Crippen molar-refractivity contribution in [1.82, 2.24) is 4.98 Å². The molecule has 0 aliphatic carbocycles. The van der Waals surface area contributed by atoms with E-state index in [0.717, 1.165) is 0 Å². The van der Waals surface area contributed by atoms with Crippen molar-refractivity contribution in [2.24, 2.45) is 0 Å². The van der Waals surface area contributed by atoms with Crippen molar-refractivity contribution < 1.29 is 9.53 Å². The Morgan fingerprint density at radius 1 is 1.73 bits per heavy atom. The molecule has 11 heavy (non-hydrogen) atoms. The maximum Gasteiger partial charge on any atom is 0.270 e. The predicted molar refractivity (Wildman–Crippen MR) is 41.0 cm³/mol. The number of carbonyl (C=O) groups is 1. The van der Waals surface area contributed by atoms with E-state index in [1.165, 1.54) is 19.4 Å². The minimum absolute atomic E-state index is 0.200. The van der Waals surface area contributed by atoms with Gasteiger partial charge in [0, 0.05) is 12.3 Å². The molecule has 0 N–H and O–H groups in total. The Balaban J connectivity index is 3.01. The largest absolute Gasteiger partial charge is 0.497 e. The lowest BCUT2D eigenvalue weighted by Gasteiger charge is -1.98. The number of carbonyl (C=O) groups excluding carboxylic acids is 1. The molecule has 1 aromatic heterocycles. The number of aromatic nitrogens is 1. The van der Waals surface area contributed by atoms with Crippen LogP contribution in [-0.4, -0.2) is 17.3 Å². The van der Waals surface area contributed by atoms with Gasteiger partial charge in [0.25, 0.3) is 5.24 Å². The first kappa shape index (κ1) is 8.01. The van der Waals surface area contributed by atoms with Gasteiger partial charge < -0.3 is 4.74 Å². The highest BCUT2D eigenvalue weighted by Gasteiger charge is 2.03. The average Bonchev–Trinajstić information content (AvgIpc) is 2.05. The first-order chi connectivity index (χ1) is 5.24. The van der Waals surface area contributed by atoms with Gasteiger partial charge in [0.05, 0.1) is 7.11 Å². The van der Waals surface area contributed by atoms with Crippen molar-refractivity contribution in [2.75, 3.05) is 7.11 Å². The third kappa shape index (κ3) is 1.91. The number of ether oxygens (including phenoxy) is 1. The van der Waals surface area contributed by atoms with E-state index >= 15 is 0 Å². The molecule has 0 bridgehead atoms. The van der Waals surface area contributed by atoms with Gasteiger partial charge in [0.2, 0.25) is 0 Å². The van der Waals surface area contributed by atoms with Crippen LogP contribution in [0.15, 0.2) is 18.3 Å². The monoisotopic (exact) mass is 171 g/mol. The van der Waals surface area contributed by atoms with Crippen LogP contribution in [0.2, 0.25) is 0 Å². The molecular formula is C7H6ClNO2. The highest BCUT2D eigenvalue weighted by molar-refractivity contribution is 6.67. The summed E-state index contributed by atoms with van der Waals surface area (Å²) in [5.74, 6) is 0.573. The molecule has 0 spiro atoms. The van der Waals surface area contributed by atoms with Crippen LogP contribution in [0.3, 0.4) is 0 Å². The van der Waals surface area contributed by atoms with Crippen LogP contribution in [0.1, 0.15) is 10.5 Å². The molecule has 1 heterocycles. The van der Waals surface area contributed by atoms with E-state index in [1.807, 2.05) is 0 Å². The quantitative estimate of drug-likeness (QED) is 0.633. The second-order valence-corrected chi connectivity index (χ2v) is 2.20. The molecule has 0 atom stereocenters. The summed E-state index contributed by atoms with van der Waals surface area (Å²) < 4.78 is 4.85. The molecule has 0 saturated heterocycles. The van der Waals surface area contributed by atoms with Crippen LogP contribution >= 0.6 is 11.6 Å². The van der Waals surface area contributed by atoms with Gasteiger partial charge in [0.15, 0.2) is 0 Å². The molecule has 0 unspecified atom stereocenters. The van der Waals surface area contributed by atoms with E-state index in [0.29, 0.717) is 5.75 Å². The molecule has 3 nitrogen and oxygen atoms in total. The Hall–Kier alpha value is -1.09. The van der Waals surface area contributed by atoms with Gasteiger partial charge in [-0.3, -0.25) is 9.78 Å². The van der Waals surface area contributed by atoms with E-state index < -0.39 is 5.24 Å². The number of methoxy groups -OCH3 is 1. The van der Waals surface area contributed by atoms with Crippen molar-refractivity contribution in [3.05, 3.63) is 24.0 Å². The van der Waals surface area contributed by atoms with Crippen LogP contribution in [-0.2, 0) is 0 Å². The van der Waals surface area contributed by atoms with Gasteiger partial charge >= 0.3 is 0 Å². The Bertz CT molecular complexity index is 275. The lowest BCUT2D eigenvalue weighted by Crippen LogP contribution is -1.93. The number of rotatable bonds is 2. The number of halogens is 1. The van der Waals surface area contributed by atoms with E-state index in [9.17, 15) is 4.79 Å². The molecule has 0 amide bonds. The van der Waals surface area contributed by atoms with Gasteiger partial charge in [-0.15, -0.1) is 0 Å². The molecule has 58 valence electrons. The predicted octanol–water partition coefficient (Wildman–Crippen LogP) is 1.47. The summed E-state index contributed by atoms with van der Waals surface area (Å²) in [6.45, 7) is 0. The highest BCUT2D eigenvalue weighted by Crippen LogP contribution is 2.10. The van der Waals surface area contributed by atoms with Crippen molar-refractivity contribution >= 4 is 16.8 Å². The van der Waals surface area contributed by atoms with E-state index in [4.69, 9.17) is 16.3 Å². The fourth-order valence-corrected chi connectivity index (χ4v) is 0.749. The zero-order valence-corrected chi connectivity index (χ0v) is 6.63. The molecule has 4 heteroatoms. The van der Waals surface area contributed by atoms with Crippen molar-refractivity contribution in [1.29, 1.82) is 0 Å². The Morgan fingerprint density at radius 3 is 3.00 bits per heavy atom. The highest BCUT2D eigenvalue weighted by atomic mass is 35.5. The molecule has 0 aromatic carbocycles. The summed E-state index contributed by atoms with van der Waals surface area (Å²) >= 11 is 5.18. The molecular weight excluding hydrogens is 166 g/mol. The third-order valence-electron chi connectivity index (χ3n) is 1.17. The van der Waals surface area contributed by atoms with Crippen LogP contribution in [0.4, 0.5) is 0 Å². The maximum atomic E-state index is 10.6. The Morgan fingerprint density at radius 2 is 2.45 bits per heavy atom. The van der Waals surface area contributed by atoms with Gasteiger partial charge in [-0.1, -0.05) is 0 Å².